The maximum atomic E-state index is 9.03. The van der Waals surface area contributed by atoms with Gasteiger partial charge in [0, 0.05) is 37.6 Å². The van der Waals surface area contributed by atoms with E-state index in [4.69, 9.17) is 15.6 Å². The van der Waals surface area contributed by atoms with Crippen LogP contribution in [0.1, 0.15) is 5.56 Å². The highest BCUT2D eigenvalue weighted by Crippen LogP contribution is 2.12. The molecule has 1 aromatic heterocycles. The van der Waals surface area contributed by atoms with E-state index in [1.54, 1.807) is 12.4 Å². The van der Waals surface area contributed by atoms with Crippen LogP contribution in [0.2, 0.25) is 0 Å². The Morgan fingerprint density at radius 2 is 2.25 bits per heavy atom. The topological polar surface area (TPSA) is 84.5 Å². The van der Waals surface area contributed by atoms with Crippen molar-refractivity contribution in [2.45, 2.75) is 12.6 Å². The summed E-state index contributed by atoms with van der Waals surface area (Å²) in [5.74, 6) is 0.666. The molecule has 0 aliphatic carbocycles. The number of aliphatic hydroxyl groups is 1. The monoisotopic (exact) mass is 224 g/mol. The van der Waals surface area contributed by atoms with E-state index in [9.17, 15) is 0 Å². The van der Waals surface area contributed by atoms with Crippen LogP contribution in [0.3, 0.4) is 0 Å². The summed E-state index contributed by atoms with van der Waals surface area (Å²) in [5, 5.41) is 9.03. The van der Waals surface area contributed by atoms with Gasteiger partial charge in [0.1, 0.15) is 0 Å². The molecule has 1 aromatic rings. The van der Waals surface area contributed by atoms with Crippen LogP contribution in [-0.4, -0.2) is 47.5 Å². The zero-order chi connectivity index (χ0) is 11.4. The molecule has 2 heterocycles. The summed E-state index contributed by atoms with van der Waals surface area (Å²) in [6.45, 7) is 2.43. The highest BCUT2D eigenvalue weighted by Gasteiger charge is 2.21. The van der Waals surface area contributed by atoms with Crippen molar-refractivity contribution in [2.75, 3.05) is 31.2 Å². The second-order valence-electron chi connectivity index (χ2n) is 3.72. The van der Waals surface area contributed by atoms with Crippen molar-refractivity contribution < 1.29 is 9.84 Å². The summed E-state index contributed by atoms with van der Waals surface area (Å²) in [4.78, 5) is 10.5. The SMILES string of the molecule is NCc1cnc(N2CCOC(CO)C2)nc1. The molecule has 1 atom stereocenters. The van der Waals surface area contributed by atoms with Gasteiger partial charge in [0.25, 0.3) is 0 Å². The van der Waals surface area contributed by atoms with E-state index in [1.165, 1.54) is 0 Å². The maximum Gasteiger partial charge on any atom is 0.225 e. The van der Waals surface area contributed by atoms with Gasteiger partial charge in [-0.1, -0.05) is 0 Å². The fourth-order valence-electron chi connectivity index (χ4n) is 1.63. The zero-order valence-electron chi connectivity index (χ0n) is 9.04. The van der Waals surface area contributed by atoms with Gasteiger partial charge in [-0.2, -0.15) is 0 Å². The molecule has 88 valence electrons. The van der Waals surface area contributed by atoms with Crippen LogP contribution in [0.4, 0.5) is 5.95 Å². The van der Waals surface area contributed by atoms with Crippen LogP contribution >= 0.6 is 0 Å². The molecule has 3 N–H and O–H groups in total. The molecule has 1 aliphatic rings. The number of anilines is 1. The normalized spacial score (nSPS) is 21.1. The Morgan fingerprint density at radius 3 is 2.88 bits per heavy atom. The Balaban J connectivity index is 2.05. The van der Waals surface area contributed by atoms with Gasteiger partial charge in [-0.15, -0.1) is 0 Å². The molecule has 6 heteroatoms. The zero-order valence-corrected chi connectivity index (χ0v) is 9.04. The van der Waals surface area contributed by atoms with Gasteiger partial charge in [0.05, 0.1) is 19.3 Å². The Bertz CT molecular complexity index is 330. The van der Waals surface area contributed by atoms with Crippen molar-refractivity contribution in [3.8, 4) is 0 Å². The van der Waals surface area contributed by atoms with Gasteiger partial charge in [-0.25, -0.2) is 9.97 Å². The fraction of sp³-hybridized carbons (Fsp3) is 0.600. The van der Waals surface area contributed by atoms with Gasteiger partial charge in [0.2, 0.25) is 5.95 Å². The Kier molecular flexibility index (Phi) is 3.66. The summed E-state index contributed by atoms with van der Waals surface area (Å²) in [6, 6.07) is 0. The average Bonchev–Trinajstić information content (AvgIpc) is 2.39. The lowest BCUT2D eigenvalue weighted by atomic mass is 10.3. The van der Waals surface area contributed by atoms with Crippen molar-refractivity contribution in [3.63, 3.8) is 0 Å². The first-order valence-corrected chi connectivity index (χ1v) is 5.32. The molecular weight excluding hydrogens is 208 g/mol. The third-order valence-corrected chi connectivity index (χ3v) is 2.55. The minimum atomic E-state index is -0.147. The second-order valence-corrected chi connectivity index (χ2v) is 3.72. The van der Waals surface area contributed by atoms with Crippen molar-refractivity contribution in [2.24, 2.45) is 5.73 Å². The van der Waals surface area contributed by atoms with Crippen molar-refractivity contribution in [1.29, 1.82) is 0 Å². The molecule has 0 spiro atoms. The number of rotatable bonds is 3. The average molecular weight is 224 g/mol. The predicted octanol–water partition coefficient (Wildman–Crippen LogP) is -0.867. The van der Waals surface area contributed by atoms with E-state index in [1.807, 2.05) is 4.90 Å². The highest BCUT2D eigenvalue weighted by atomic mass is 16.5. The first-order valence-electron chi connectivity index (χ1n) is 5.32. The number of morpholine rings is 1. The quantitative estimate of drug-likeness (QED) is 0.694. The lowest BCUT2D eigenvalue weighted by molar-refractivity contribution is 0.00314. The molecule has 2 rings (SSSR count). The Labute approximate surface area is 94.1 Å². The largest absolute Gasteiger partial charge is 0.394 e. The number of aromatic nitrogens is 2. The van der Waals surface area contributed by atoms with Crippen molar-refractivity contribution in [3.05, 3.63) is 18.0 Å². The molecule has 0 aromatic carbocycles. The first kappa shape index (κ1) is 11.3. The van der Waals surface area contributed by atoms with E-state index in [-0.39, 0.29) is 12.7 Å². The molecule has 1 saturated heterocycles. The summed E-state index contributed by atoms with van der Waals surface area (Å²) >= 11 is 0. The van der Waals surface area contributed by atoms with Crippen LogP contribution in [-0.2, 0) is 11.3 Å². The number of hydrogen-bond donors (Lipinski definition) is 2. The van der Waals surface area contributed by atoms with Crippen molar-refractivity contribution >= 4 is 5.95 Å². The van der Waals surface area contributed by atoms with Crippen LogP contribution in [0.15, 0.2) is 12.4 Å². The van der Waals surface area contributed by atoms with Gasteiger partial charge in [-0.3, -0.25) is 0 Å². The molecule has 1 unspecified atom stereocenters. The van der Waals surface area contributed by atoms with E-state index in [2.05, 4.69) is 9.97 Å². The third kappa shape index (κ3) is 2.46. The predicted molar refractivity (Wildman–Crippen MR) is 59.0 cm³/mol. The van der Waals surface area contributed by atoms with Crippen LogP contribution < -0.4 is 10.6 Å². The van der Waals surface area contributed by atoms with Gasteiger partial charge in [0.15, 0.2) is 0 Å². The number of nitrogens with zero attached hydrogens (tertiary/aromatic N) is 3. The van der Waals surface area contributed by atoms with Crippen LogP contribution in [0, 0.1) is 0 Å². The van der Waals surface area contributed by atoms with E-state index >= 15 is 0 Å². The summed E-state index contributed by atoms with van der Waals surface area (Å²) < 4.78 is 5.36. The summed E-state index contributed by atoms with van der Waals surface area (Å²) in [5.41, 5.74) is 6.39. The number of hydrogen-bond acceptors (Lipinski definition) is 6. The first-order chi connectivity index (χ1) is 7.83. The van der Waals surface area contributed by atoms with E-state index < -0.39 is 0 Å². The van der Waals surface area contributed by atoms with E-state index in [0.717, 1.165) is 12.1 Å². The molecule has 0 radical (unpaired) electrons. The number of nitrogens with two attached hydrogens (primary N) is 1. The maximum absolute atomic E-state index is 9.03. The van der Waals surface area contributed by atoms with Gasteiger partial charge >= 0.3 is 0 Å². The summed E-state index contributed by atoms with van der Waals surface area (Å²) in [6.07, 6.45) is 3.31. The lowest BCUT2D eigenvalue weighted by Gasteiger charge is -2.31. The van der Waals surface area contributed by atoms with E-state index in [0.29, 0.717) is 25.6 Å². The molecule has 1 aliphatic heterocycles. The summed E-state index contributed by atoms with van der Waals surface area (Å²) in [7, 11) is 0. The number of aliphatic hydroxyl groups excluding tert-OH is 1. The van der Waals surface area contributed by atoms with Crippen LogP contribution in [0.25, 0.3) is 0 Å². The molecule has 1 fully saturated rings. The Morgan fingerprint density at radius 1 is 1.50 bits per heavy atom. The minimum absolute atomic E-state index is 0.0252. The van der Waals surface area contributed by atoms with Gasteiger partial charge in [-0.05, 0) is 0 Å². The smallest absolute Gasteiger partial charge is 0.225 e. The van der Waals surface area contributed by atoms with Crippen molar-refractivity contribution in [1.82, 2.24) is 9.97 Å². The lowest BCUT2D eigenvalue weighted by Crippen LogP contribution is -2.44. The minimum Gasteiger partial charge on any atom is -0.394 e. The van der Waals surface area contributed by atoms with Gasteiger partial charge < -0.3 is 20.5 Å². The molecular formula is C10H16N4O2. The molecule has 6 nitrogen and oxygen atoms in total. The third-order valence-electron chi connectivity index (χ3n) is 2.55. The molecule has 0 saturated carbocycles. The molecule has 16 heavy (non-hydrogen) atoms. The molecule has 0 amide bonds. The Hall–Kier alpha value is -1.24. The fourth-order valence-corrected chi connectivity index (χ4v) is 1.63. The molecule has 0 bridgehead atoms. The van der Waals surface area contributed by atoms with Crippen LogP contribution in [0.5, 0.6) is 0 Å². The number of ether oxygens (including phenoxy) is 1. The standard InChI is InChI=1S/C10H16N4O2/c11-3-8-4-12-10(13-5-8)14-1-2-16-9(6-14)7-15/h4-5,9,15H,1-3,6-7,11H2. The highest BCUT2D eigenvalue weighted by molar-refractivity contribution is 5.30. The second kappa shape index (κ2) is 5.20.